The minimum absolute atomic E-state index is 0.421. The molecule has 4 atom stereocenters. The third kappa shape index (κ3) is 4.71. The lowest BCUT2D eigenvalue weighted by atomic mass is 9.69. The van der Waals surface area contributed by atoms with Crippen molar-refractivity contribution >= 4 is 0 Å². The van der Waals surface area contributed by atoms with Gasteiger partial charge in [-0.1, -0.05) is 33.6 Å². The molecule has 3 heteroatoms. The number of ether oxygens (including phenoxy) is 1. The van der Waals surface area contributed by atoms with Crippen LogP contribution in [-0.4, -0.2) is 37.9 Å². The number of hydrogen-bond donors (Lipinski definition) is 2. The molecule has 0 aromatic rings. The van der Waals surface area contributed by atoms with Crippen LogP contribution in [0.2, 0.25) is 0 Å². The summed E-state index contributed by atoms with van der Waals surface area (Å²) < 4.78 is 5.56. The molecule has 1 heterocycles. The van der Waals surface area contributed by atoms with Crippen LogP contribution in [0.15, 0.2) is 0 Å². The van der Waals surface area contributed by atoms with Crippen LogP contribution in [0.25, 0.3) is 0 Å². The van der Waals surface area contributed by atoms with E-state index in [2.05, 4.69) is 38.3 Å². The first-order chi connectivity index (χ1) is 9.47. The zero-order chi connectivity index (χ0) is 14.6. The van der Waals surface area contributed by atoms with Crippen LogP contribution in [0.4, 0.5) is 0 Å². The molecule has 0 bridgehead atoms. The maximum absolute atomic E-state index is 5.56. The first kappa shape index (κ1) is 16.3. The second-order valence-corrected chi connectivity index (χ2v) is 7.89. The van der Waals surface area contributed by atoms with Crippen molar-refractivity contribution in [2.45, 2.75) is 77.9 Å². The minimum Gasteiger partial charge on any atom is -0.379 e. The molecule has 2 N–H and O–H groups in total. The van der Waals surface area contributed by atoms with E-state index in [4.69, 9.17) is 4.74 Å². The van der Waals surface area contributed by atoms with E-state index in [-0.39, 0.29) is 0 Å². The average Bonchev–Trinajstić information content (AvgIpc) is 2.39. The number of nitrogens with one attached hydrogen (secondary N) is 2. The Morgan fingerprint density at radius 2 is 2.00 bits per heavy atom. The Balaban J connectivity index is 1.83. The van der Waals surface area contributed by atoms with Gasteiger partial charge in [0.1, 0.15) is 0 Å². The lowest BCUT2D eigenvalue weighted by Gasteiger charge is -2.42. The third-order valence-corrected chi connectivity index (χ3v) is 5.01. The van der Waals surface area contributed by atoms with Crippen LogP contribution < -0.4 is 10.6 Å². The van der Waals surface area contributed by atoms with Gasteiger partial charge in [-0.05, 0) is 37.5 Å². The highest BCUT2D eigenvalue weighted by Crippen LogP contribution is 2.38. The van der Waals surface area contributed by atoms with Crippen LogP contribution in [0.1, 0.15) is 59.8 Å². The molecule has 0 amide bonds. The molecule has 2 rings (SSSR count). The monoisotopic (exact) mass is 282 g/mol. The lowest BCUT2D eigenvalue weighted by Crippen LogP contribution is -2.50. The van der Waals surface area contributed by atoms with E-state index >= 15 is 0 Å². The highest BCUT2D eigenvalue weighted by Gasteiger charge is 2.34. The van der Waals surface area contributed by atoms with Crippen LogP contribution >= 0.6 is 0 Å². The van der Waals surface area contributed by atoms with Gasteiger partial charge in [0.15, 0.2) is 0 Å². The van der Waals surface area contributed by atoms with Gasteiger partial charge in [-0.25, -0.2) is 0 Å². The number of hydrogen-bond acceptors (Lipinski definition) is 3. The first-order valence-corrected chi connectivity index (χ1v) is 8.54. The Morgan fingerprint density at radius 3 is 2.65 bits per heavy atom. The third-order valence-electron chi connectivity index (χ3n) is 5.01. The molecule has 2 aliphatic rings. The highest BCUT2D eigenvalue weighted by atomic mass is 16.5. The Hall–Kier alpha value is -0.120. The summed E-state index contributed by atoms with van der Waals surface area (Å²) in [5, 5.41) is 7.49. The molecule has 1 aliphatic heterocycles. The number of morpholine rings is 1. The molecule has 1 saturated carbocycles. The SMILES string of the molecule is CC(CC1COCCN1)NC1CCCCC1C(C)(C)C. The normalized spacial score (nSPS) is 33.9. The van der Waals surface area contributed by atoms with Crippen LogP contribution in [0.5, 0.6) is 0 Å². The summed E-state index contributed by atoms with van der Waals surface area (Å²) in [6.07, 6.45) is 6.71. The van der Waals surface area contributed by atoms with Gasteiger partial charge in [0.2, 0.25) is 0 Å². The Morgan fingerprint density at radius 1 is 1.25 bits per heavy atom. The van der Waals surface area contributed by atoms with Crippen LogP contribution in [0.3, 0.4) is 0 Å². The van der Waals surface area contributed by atoms with Crippen molar-refractivity contribution in [3.63, 3.8) is 0 Å². The second-order valence-electron chi connectivity index (χ2n) is 7.89. The smallest absolute Gasteiger partial charge is 0.0620 e. The van der Waals surface area contributed by atoms with Gasteiger partial charge in [-0.15, -0.1) is 0 Å². The molecule has 0 aromatic carbocycles. The fourth-order valence-electron chi connectivity index (χ4n) is 4.00. The van der Waals surface area contributed by atoms with E-state index in [1.165, 1.54) is 32.1 Å². The maximum atomic E-state index is 5.56. The molecule has 1 aliphatic carbocycles. The van der Waals surface area contributed by atoms with Crippen molar-refractivity contribution < 1.29 is 4.74 Å². The molecular weight excluding hydrogens is 248 g/mol. The van der Waals surface area contributed by atoms with Crippen molar-refractivity contribution in [1.82, 2.24) is 10.6 Å². The van der Waals surface area contributed by atoms with Gasteiger partial charge in [0, 0.05) is 24.7 Å². The Kier molecular flexibility index (Phi) is 5.88. The Labute approximate surface area is 125 Å². The van der Waals surface area contributed by atoms with Gasteiger partial charge in [0.25, 0.3) is 0 Å². The van der Waals surface area contributed by atoms with E-state index in [9.17, 15) is 0 Å². The molecule has 0 spiro atoms. The van der Waals surface area contributed by atoms with Gasteiger partial charge in [-0.3, -0.25) is 0 Å². The van der Waals surface area contributed by atoms with Gasteiger partial charge in [-0.2, -0.15) is 0 Å². The zero-order valence-corrected chi connectivity index (χ0v) is 13.9. The molecule has 4 unspecified atom stereocenters. The van der Waals surface area contributed by atoms with Crippen LogP contribution in [-0.2, 0) is 4.74 Å². The minimum atomic E-state index is 0.421. The predicted octanol–water partition coefficient (Wildman–Crippen LogP) is 2.95. The summed E-state index contributed by atoms with van der Waals surface area (Å²) in [5.74, 6) is 0.814. The standard InChI is InChI=1S/C17H34N2O/c1-13(11-14-12-20-10-9-18-14)19-16-8-6-5-7-15(16)17(2,3)4/h13-16,18-19H,5-12H2,1-4H3. The van der Waals surface area contributed by atoms with Gasteiger partial charge in [0.05, 0.1) is 13.2 Å². The topological polar surface area (TPSA) is 33.3 Å². The van der Waals surface area contributed by atoms with E-state index in [0.29, 0.717) is 23.5 Å². The summed E-state index contributed by atoms with van der Waals surface area (Å²) in [5.41, 5.74) is 0.421. The zero-order valence-electron chi connectivity index (χ0n) is 13.9. The van der Waals surface area contributed by atoms with Crippen molar-refractivity contribution in [3.05, 3.63) is 0 Å². The average molecular weight is 282 g/mol. The molecular formula is C17H34N2O. The fraction of sp³-hybridized carbons (Fsp3) is 1.00. The van der Waals surface area contributed by atoms with Gasteiger partial charge >= 0.3 is 0 Å². The summed E-state index contributed by atoms with van der Waals surface area (Å²) in [6, 6.07) is 1.80. The quantitative estimate of drug-likeness (QED) is 0.832. The summed E-state index contributed by atoms with van der Waals surface area (Å²) >= 11 is 0. The molecule has 3 nitrogen and oxygen atoms in total. The highest BCUT2D eigenvalue weighted by molar-refractivity contribution is 4.90. The van der Waals surface area contributed by atoms with Gasteiger partial charge < -0.3 is 15.4 Å². The van der Waals surface area contributed by atoms with E-state index in [0.717, 1.165) is 25.7 Å². The van der Waals surface area contributed by atoms with E-state index < -0.39 is 0 Å². The van der Waals surface area contributed by atoms with E-state index in [1.54, 1.807) is 0 Å². The maximum Gasteiger partial charge on any atom is 0.0620 e. The lowest BCUT2D eigenvalue weighted by molar-refractivity contribution is 0.0674. The summed E-state index contributed by atoms with van der Waals surface area (Å²) in [7, 11) is 0. The molecule has 1 saturated heterocycles. The van der Waals surface area contributed by atoms with E-state index in [1.807, 2.05) is 0 Å². The van der Waals surface area contributed by atoms with Crippen molar-refractivity contribution in [2.75, 3.05) is 19.8 Å². The summed E-state index contributed by atoms with van der Waals surface area (Å²) in [4.78, 5) is 0. The second kappa shape index (κ2) is 7.24. The fourth-order valence-corrected chi connectivity index (χ4v) is 4.00. The molecule has 2 fully saturated rings. The molecule has 0 aromatic heterocycles. The van der Waals surface area contributed by atoms with Crippen molar-refractivity contribution in [1.29, 1.82) is 0 Å². The van der Waals surface area contributed by atoms with Crippen molar-refractivity contribution in [2.24, 2.45) is 11.3 Å². The van der Waals surface area contributed by atoms with Crippen molar-refractivity contribution in [3.8, 4) is 0 Å². The summed E-state index contributed by atoms with van der Waals surface area (Å²) in [6.45, 7) is 12.3. The van der Waals surface area contributed by atoms with Crippen LogP contribution in [0, 0.1) is 11.3 Å². The molecule has 20 heavy (non-hydrogen) atoms. The Bertz CT molecular complexity index is 281. The number of rotatable bonds is 4. The molecule has 118 valence electrons. The first-order valence-electron chi connectivity index (χ1n) is 8.54. The largest absolute Gasteiger partial charge is 0.379 e. The molecule has 0 radical (unpaired) electrons. The predicted molar refractivity (Wildman–Crippen MR) is 85.0 cm³/mol.